The summed E-state index contributed by atoms with van der Waals surface area (Å²) in [6.07, 6.45) is 0. The minimum atomic E-state index is -0.458. The molecule has 3 N–H and O–H groups in total. The molecule has 1 rings (SSSR count). The first-order valence-corrected chi connectivity index (χ1v) is 6.65. The molecule has 1 aromatic rings. The molecule has 0 saturated heterocycles. The Morgan fingerprint density at radius 2 is 1.80 bits per heavy atom. The maximum Gasteiger partial charge on any atom is 0.243 e. The molecule has 0 bridgehead atoms. The molecule has 0 atom stereocenters. The molecule has 6 heteroatoms. The Kier molecular flexibility index (Phi) is 8.17. The lowest BCUT2D eigenvalue weighted by molar-refractivity contribution is -0.122. The summed E-state index contributed by atoms with van der Waals surface area (Å²) < 4.78 is 16.1. The van der Waals surface area contributed by atoms with Crippen molar-refractivity contribution in [3.8, 4) is 11.5 Å². The summed E-state index contributed by atoms with van der Waals surface area (Å²) in [4.78, 5) is 10.4. The molecule has 0 saturated carbocycles. The van der Waals surface area contributed by atoms with Gasteiger partial charge in [0.2, 0.25) is 5.91 Å². The maximum atomic E-state index is 10.4. The number of nitrogens with one attached hydrogen (secondary N) is 1. The molecular weight excluding hydrogens is 260 g/mol. The minimum absolute atomic E-state index is 0.0418. The highest BCUT2D eigenvalue weighted by Crippen LogP contribution is 2.25. The highest BCUT2D eigenvalue weighted by Gasteiger charge is 2.02. The molecule has 0 aromatic heterocycles. The molecule has 0 unspecified atom stereocenters. The van der Waals surface area contributed by atoms with Crippen LogP contribution in [-0.4, -0.2) is 45.4 Å². The molecule has 0 aliphatic heterocycles. The van der Waals surface area contributed by atoms with Crippen molar-refractivity contribution in [2.45, 2.75) is 6.92 Å². The van der Waals surface area contributed by atoms with Crippen molar-refractivity contribution in [1.29, 1.82) is 0 Å². The van der Waals surface area contributed by atoms with E-state index in [-0.39, 0.29) is 6.61 Å². The minimum Gasteiger partial charge on any atom is -0.490 e. The van der Waals surface area contributed by atoms with Crippen molar-refractivity contribution in [3.05, 3.63) is 24.3 Å². The van der Waals surface area contributed by atoms with Gasteiger partial charge < -0.3 is 25.3 Å². The lowest BCUT2D eigenvalue weighted by atomic mass is 10.3. The van der Waals surface area contributed by atoms with Crippen LogP contribution in [0.25, 0.3) is 0 Å². The Morgan fingerprint density at radius 1 is 1.15 bits per heavy atom. The van der Waals surface area contributed by atoms with E-state index in [0.29, 0.717) is 32.9 Å². The van der Waals surface area contributed by atoms with E-state index < -0.39 is 5.91 Å². The highest BCUT2D eigenvalue weighted by atomic mass is 16.5. The van der Waals surface area contributed by atoms with E-state index in [9.17, 15) is 4.79 Å². The van der Waals surface area contributed by atoms with E-state index >= 15 is 0 Å². The van der Waals surface area contributed by atoms with Gasteiger partial charge in [-0.25, -0.2) is 0 Å². The van der Waals surface area contributed by atoms with Gasteiger partial charge in [0.1, 0.15) is 13.2 Å². The number of hydrogen-bond donors (Lipinski definition) is 2. The first kappa shape index (κ1) is 16.3. The van der Waals surface area contributed by atoms with Crippen molar-refractivity contribution in [1.82, 2.24) is 5.32 Å². The van der Waals surface area contributed by atoms with Crippen molar-refractivity contribution >= 4 is 5.91 Å². The van der Waals surface area contributed by atoms with Gasteiger partial charge in [0.15, 0.2) is 11.5 Å². The number of ether oxygens (including phenoxy) is 3. The molecule has 0 radical (unpaired) electrons. The summed E-state index contributed by atoms with van der Waals surface area (Å²) >= 11 is 0. The number of benzene rings is 1. The number of carbonyl (C=O) groups excluding carboxylic acids is 1. The standard InChI is InChI=1S/C14H22N2O4/c1-2-19-12-5-3-4-6-13(12)20-10-8-16-7-9-18-11-14(15)17/h3-6,16H,2,7-11H2,1H3,(H2,15,17). The molecular formula is C14H22N2O4. The van der Waals surface area contributed by atoms with E-state index in [0.717, 1.165) is 11.5 Å². The summed E-state index contributed by atoms with van der Waals surface area (Å²) in [7, 11) is 0. The zero-order valence-electron chi connectivity index (χ0n) is 11.8. The SMILES string of the molecule is CCOc1ccccc1OCCNCCOCC(N)=O. The van der Waals surface area contributed by atoms with Gasteiger partial charge in [-0.05, 0) is 19.1 Å². The van der Waals surface area contributed by atoms with Crippen LogP contribution >= 0.6 is 0 Å². The second-order valence-corrected chi connectivity index (χ2v) is 4.00. The van der Waals surface area contributed by atoms with Gasteiger partial charge in [-0.3, -0.25) is 4.79 Å². The van der Waals surface area contributed by atoms with Crippen LogP contribution in [0, 0.1) is 0 Å². The molecule has 1 aromatic carbocycles. The van der Waals surface area contributed by atoms with Crippen LogP contribution < -0.4 is 20.5 Å². The summed E-state index contributed by atoms with van der Waals surface area (Å²) in [6, 6.07) is 7.57. The largest absolute Gasteiger partial charge is 0.490 e. The quantitative estimate of drug-likeness (QED) is 0.579. The Balaban J connectivity index is 2.10. The predicted molar refractivity (Wildman–Crippen MR) is 76.0 cm³/mol. The van der Waals surface area contributed by atoms with Crippen LogP contribution in [0.4, 0.5) is 0 Å². The Labute approximate surface area is 119 Å². The van der Waals surface area contributed by atoms with E-state index in [1.807, 2.05) is 31.2 Å². The van der Waals surface area contributed by atoms with Gasteiger partial charge in [0.05, 0.1) is 13.2 Å². The normalized spacial score (nSPS) is 10.2. The zero-order chi connectivity index (χ0) is 14.6. The molecule has 112 valence electrons. The van der Waals surface area contributed by atoms with Gasteiger partial charge in [-0.1, -0.05) is 12.1 Å². The molecule has 20 heavy (non-hydrogen) atoms. The molecule has 0 aliphatic carbocycles. The van der Waals surface area contributed by atoms with Crippen LogP contribution in [0.15, 0.2) is 24.3 Å². The third kappa shape index (κ3) is 6.96. The molecule has 1 amide bonds. The first-order chi connectivity index (χ1) is 9.74. The van der Waals surface area contributed by atoms with Crippen LogP contribution in [0.3, 0.4) is 0 Å². The zero-order valence-corrected chi connectivity index (χ0v) is 11.8. The second kappa shape index (κ2) is 10.1. The fourth-order valence-electron chi connectivity index (χ4n) is 1.52. The van der Waals surface area contributed by atoms with Crippen molar-refractivity contribution < 1.29 is 19.0 Å². The number of rotatable bonds is 11. The Hall–Kier alpha value is -1.79. The van der Waals surface area contributed by atoms with Crippen molar-refractivity contribution in [2.75, 3.05) is 39.5 Å². The Bertz CT molecular complexity index is 399. The van der Waals surface area contributed by atoms with Gasteiger partial charge in [-0.15, -0.1) is 0 Å². The average molecular weight is 282 g/mol. The van der Waals surface area contributed by atoms with Gasteiger partial charge >= 0.3 is 0 Å². The van der Waals surface area contributed by atoms with E-state index in [1.54, 1.807) is 0 Å². The fraction of sp³-hybridized carbons (Fsp3) is 0.500. The molecule has 0 spiro atoms. The summed E-state index contributed by atoms with van der Waals surface area (Å²) in [6.45, 7) is 4.79. The van der Waals surface area contributed by atoms with Gasteiger partial charge in [0.25, 0.3) is 0 Å². The number of nitrogens with two attached hydrogens (primary N) is 1. The third-order valence-corrected chi connectivity index (χ3v) is 2.35. The molecule has 6 nitrogen and oxygen atoms in total. The molecule has 0 fully saturated rings. The monoisotopic (exact) mass is 282 g/mol. The highest BCUT2D eigenvalue weighted by molar-refractivity contribution is 5.74. The summed E-state index contributed by atoms with van der Waals surface area (Å²) in [5.74, 6) is 1.03. The summed E-state index contributed by atoms with van der Waals surface area (Å²) in [5.41, 5.74) is 4.94. The smallest absolute Gasteiger partial charge is 0.243 e. The number of hydrogen-bond acceptors (Lipinski definition) is 5. The second-order valence-electron chi connectivity index (χ2n) is 4.00. The van der Waals surface area contributed by atoms with Crippen LogP contribution in [0.2, 0.25) is 0 Å². The van der Waals surface area contributed by atoms with Crippen molar-refractivity contribution in [2.24, 2.45) is 5.73 Å². The van der Waals surface area contributed by atoms with Gasteiger partial charge in [0, 0.05) is 13.1 Å². The Morgan fingerprint density at radius 3 is 2.45 bits per heavy atom. The lowest BCUT2D eigenvalue weighted by Crippen LogP contribution is -2.27. The van der Waals surface area contributed by atoms with Crippen LogP contribution in [0.1, 0.15) is 6.92 Å². The van der Waals surface area contributed by atoms with Crippen molar-refractivity contribution in [3.63, 3.8) is 0 Å². The number of carbonyl (C=O) groups is 1. The maximum absolute atomic E-state index is 10.4. The van der Waals surface area contributed by atoms with E-state index in [2.05, 4.69) is 5.32 Å². The average Bonchev–Trinajstić information content (AvgIpc) is 2.43. The van der Waals surface area contributed by atoms with Crippen LogP contribution in [-0.2, 0) is 9.53 Å². The summed E-state index contributed by atoms with van der Waals surface area (Å²) in [5, 5.41) is 3.14. The fourth-order valence-corrected chi connectivity index (χ4v) is 1.52. The number of amides is 1. The van der Waals surface area contributed by atoms with Crippen LogP contribution in [0.5, 0.6) is 11.5 Å². The number of para-hydroxylation sites is 2. The molecule has 0 heterocycles. The van der Waals surface area contributed by atoms with E-state index in [4.69, 9.17) is 19.9 Å². The predicted octanol–water partition coefficient (Wildman–Crippen LogP) is 0.556. The van der Waals surface area contributed by atoms with E-state index in [1.165, 1.54) is 0 Å². The number of primary amides is 1. The topological polar surface area (TPSA) is 82.8 Å². The van der Waals surface area contributed by atoms with Gasteiger partial charge in [-0.2, -0.15) is 0 Å². The molecule has 0 aliphatic rings. The first-order valence-electron chi connectivity index (χ1n) is 6.65. The third-order valence-electron chi connectivity index (χ3n) is 2.35. The lowest BCUT2D eigenvalue weighted by Gasteiger charge is -2.11.